The van der Waals surface area contributed by atoms with E-state index in [2.05, 4.69) is 0 Å². The zero-order chi connectivity index (χ0) is 12.7. The van der Waals surface area contributed by atoms with Gasteiger partial charge in [-0.15, -0.1) is 12.4 Å². The van der Waals surface area contributed by atoms with E-state index in [0.717, 1.165) is 5.56 Å². The molecule has 0 radical (unpaired) electrons. The van der Waals surface area contributed by atoms with Crippen LogP contribution in [0.25, 0.3) is 0 Å². The molecule has 0 heterocycles. The number of carbonyl (C=O) groups is 1. The molecule has 0 saturated carbocycles. The van der Waals surface area contributed by atoms with Gasteiger partial charge in [0.2, 0.25) is 5.91 Å². The number of nitrogens with two attached hydrogens (primary N) is 1. The number of methoxy groups -OCH3 is 1. The standard InChI is InChI=1S/C13H20N2O2.ClH/c1-11(14)13(16)15(8-9-17-2)10-12-6-4-3-5-7-12;/h3-7,11H,8-10,14H2,1-2H3;1H. The van der Waals surface area contributed by atoms with E-state index in [-0.39, 0.29) is 18.3 Å². The number of rotatable bonds is 6. The average molecular weight is 273 g/mol. The van der Waals surface area contributed by atoms with Gasteiger partial charge < -0.3 is 15.4 Å². The highest BCUT2D eigenvalue weighted by atomic mass is 35.5. The van der Waals surface area contributed by atoms with Gasteiger partial charge in [0.25, 0.3) is 0 Å². The molecule has 1 atom stereocenters. The zero-order valence-corrected chi connectivity index (χ0v) is 11.7. The van der Waals surface area contributed by atoms with E-state index in [4.69, 9.17) is 10.5 Å². The summed E-state index contributed by atoms with van der Waals surface area (Å²) in [5.41, 5.74) is 6.73. The molecular weight excluding hydrogens is 252 g/mol. The summed E-state index contributed by atoms with van der Waals surface area (Å²) in [5, 5.41) is 0. The van der Waals surface area contributed by atoms with Gasteiger partial charge in [-0.05, 0) is 12.5 Å². The molecule has 18 heavy (non-hydrogen) atoms. The van der Waals surface area contributed by atoms with Gasteiger partial charge in [0.05, 0.1) is 12.6 Å². The Morgan fingerprint density at radius 1 is 1.39 bits per heavy atom. The number of benzene rings is 1. The van der Waals surface area contributed by atoms with Gasteiger partial charge in [0.1, 0.15) is 0 Å². The first-order valence-electron chi connectivity index (χ1n) is 5.72. The van der Waals surface area contributed by atoms with E-state index in [1.54, 1.807) is 18.9 Å². The first-order chi connectivity index (χ1) is 8.15. The predicted molar refractivity (Wildman–Crippen MR) is 74.6 cm³/mol. The quantitative estimate of drug-likeness (QED) is 0.852. The SMILES string of the molecule is COCCN(Cc1ccccc1)C(=O)C(C)N.Cl. The van der Waals surface area contributed by atoms with E-state index >= 15 is 0 Å². The first-order valence-corrected chi connectivity index (χ1v) is 5.72. The molecule has 0 aromatic heterocycles. The van der Waals surface area contributed by atoms with E-state index in [0.29, 0.717) is 19.7 Å². The fraction of sp³-hybridized carbons (Fsp3) is 0.462. The van der Waals surface area contributed by atoms with Gasteiger partial charge in [0, 0.05) is 20.2 Å². The molecule has 1 unspecified atom stereocenters. The highest BCUT2D eigenvalue weighted by Crippen LogP contribution is 2.05. The van der Waals surface area contributed by atoms with Crippen molar-refractivity contribution in [2.75, 3.05) is 20.3 Å². The Morgan fingerprint density at radius 3 is 2.50 bits per heavy atom. The van der Waals surface area contributed by atoms with Crippen molar-refractivity contribution < 1.29 is 9.53 Å². The lowest BCUT2D eigenvalue weighted by Gasteiger charge is -2.24. The van der Waals surface area contributed by atoms with Gasteiger partial charge >= 0.3 is 0 Å². The van der Waals surface area contributed by atoms with Crippen LogP contribution in [0, 0.1) is 0 Å². The lowest BCUT2D eigenvalue weighted by atomic mass is 10.2. The minimum Gasteiger partial charge on any atom is -0.383 e. The average Bonchev–Trinajstić information content (AvgIpc) is 2.34. The highest BCUT2D eigenvalue weighted by Gasteiger charge is 2.17. The fourth-order valence-electron chi connectivity index (χ4n) is 1.56. The Hall–Kier alpha value is -1.10. The molecule has 4 nitrogen and oxygen atoms in total. The molecule has 0 aliphatic rings. The lowest BCUT2D eigenvalue weighted by molar-refractivity contribution is -0.133. The van der Waals surface area contributed by atoms with Gasteiger partial charge in [-0.3, -0.25) is 4.79 Å². The van der Waals surface area contributed by atoms with Gasteiger partial charge in [-0.2, -0.15) is 0 Å². The topological polar surface area (TPSA) is 55.6 Å². The molecule has 1 rings (SSSR count). The maximum absolute atomic E-state index is 11.9. The monoisotopic (exact) mass is 272 g/mol. The summed E-state index contributed by atoms with van der Waals surface area (Å²) in [6, 6.07) is 9.38. The normalized spacial score (nSPS) is 11.5. The molecule has 0 fully saturated rings. The molecule has 0 spiro atoms. The molecule has 5 heteroatoms. The molecule has 0 aliphatic carbocycles. The Bertz CT molecular complexity index is 344. The van der Waals surface area contributed by atoms with Crippen LogP contribution in [0.15, 0.2) is 30.3 Å². The molecule has 0 saturated heterocycles. The van der Waals surface area contributed by atoms with Crippen molar-refractivity contribution in [3.63, 3.8) is 0 Å². The van der Waals surface area contributed by atoms with Crippen LogP contribution in [0.3, 0.4) is 0 Å². The van der Waals surface area contributed by atoms with E-state index in [1.165, 1.54) is 0 Å². The van der Waals surface area contributed by atoms with E-state index in [9.17, 15) is 4.79 Å². The van der Waals surface area contributed by atoms with Crippen LogP contribution < -0.4 is 5.73 Å². The second-order valence-corrected chi connectivity index (χ2v) is 4.03. The van der Waals surface area contributed by atoms with Gasteiger partial charge in [-0.25, -0.2) is 0 Å². The summed E-state index contributed by atoms with van der Waals surface area (Å²) in [5.74, 6) is -0.0501. The van der Waals surface area contributed by atoms with Crippen molar-refractivity contribution in [3.05, 3.63) is 35.9 Å². The number of halogens is 1. The number of nitrogens with zero attached hydrogens (tertiary/aromatic N) is 1. The third-order valence-electron chi connectivity index (χ3n) is 2.48. The predicted octanol–water partition coefficient (Wildman–Crippen LogP) is 1.43. The van der Waals surface area contributed by atoms with E-state index < -0.39 is 6.04 Å². The lowest BCUT2D eigenvalue weighted by Crippen LogP contribution is -2.43. The van der Waals surface area contributed by atoms with Crippen LogP contribution in [-0.2, 0) is 16.1 Å². The van der Waals surface area contributed by atoms with Crippen LogP contribution in [0.5, 0.6) is 0 Å². The second-order valence-electron chi connectivity index (χ2n) is 4.03. The van der Waals surface area contributed by atoms with Crippen molar-refractivity contribution in [2.24, 2.45) is 5.73 Å². The molecule has 1 aromatic carbocycles. The number of carbonyl (C=O) groups excluding carboxylic acids is 1. The Labute approximate surface area is 115 Å². The number of hydrogen-bond donors (Lipinski definition) is 1. The number of amides is 1. The summed E-state index contributed by atoms with van der Waals surface area (Å²) in [7, 11) is 1.62. The molecule has 1 amide bonds. The maximum Gasteiger partial charge on any atom is 0.239 e. The largest absolute Gasteiger partial charge is 0.383 e. The number of ether oxygens (including phenoxy) is 1. The minimum absolute atomic E-state index is 0. The third kappa shape index (κ3) is 5.49. The van der Waals surface area contributed by atoms with Crippen LogP contribution >= 0.6 is 12.4 Å². The molecule has 0 bridgehead atoms. The van der Waals surface area contributed by atoms with Crippen LogP contribution in [-0.4, -0.2) is 37.1 Å². The van der Waals surface area contributed by atoms with Crippen LogP contribution in [0.4, 0.5) is 0 Å². The molecule has 1 aromatic rings. The van der Waals surface area contributed by atoms with Crippen LogP contribution in [0.2, 0.25) is 0 Å². The highest BCUT2D eigenvalue weighted by molar-refractivity contribution is 5.85. The Kier molecular flexibility index (Phi) is 8.37. The Balaban J connectivity index is 0.00000289. The Morgan fingerprint density at radius 2 is 2.00 bits per heavy atom. The molecule has 0 aliphatic heterocycles. The van der Waals surface area contributed by atoms with Crippen molar-refractivity contribution >= 4 is 18.3 Å². The van der Waals surface area contributed by atoms with Gasteiger partial charge in [0.15, 0.2) is 0 Å². The summed E-state index contributed by atoms with van der Waals surface area (Å²) in [6.45, 7) is 3.36. The fourth-order valence-corrected chi connectivity index (χ4v) is 1.56. The smallest absolute Gasteiger partial charge is 0.239 e. The summed E-state index contributed by atoms with van der Waals surface area (Å²) in [6.07, 6.45) is 0. The number of hydrogen-bond acceptors (Lipinski definition) is 3. The van der Waals surface area contributed by atoms with Crippen LogP contribution in [0.1, 0.15) is 12.5 Å². The van der Waals surface area contributed by atoms with Crippen molar-refractivity contribution in [3.8, 4) is 0 Å². The molecule has 2 N–H and O–H groups in total. The molecule has 102 valence electrons. The van der Waals surface area contributed by atoms with Crippen molar-refractivity contribution in [1.29, 1.82) is 0 Å². The summed E-state index contributed by atoms with van der Waals surface area (Å²) >= 11 is 0. The van der Waals surface area contributed by atoms with E-state index in [1.807, 2.05) is 30.3 Å². The van der Waals surface area contributed by atoms with Crippen molar-refractivity contribution in [1.82, 2.24) is 4.90 Å². The molecular formula is C13H21ClN2O2. The zero-order valence-electron chi connectivity index (χ0n) is 10.8. The summed E-state index contributed by atoms with van der Waals surface area (Å²) in [4.78, 5) is 13.6. The third-order valence-corrected chi connectivity index (χ3v) is 2.48. The first kappa shape index (κ1) is 16.9. The maximum atomic E-state index is 11.9. The summed E-state index contributed by atoms with van der Waals surface area (Å²) < 4.78 is 5.01. The van der Waals surface area contributed by atoms with Gasteiger partial charge in [-0.1, -0.05) is 30.3 Å². The van der Waals surface area contributed by atoms with Crippen molar-refractivity contribution in [2.45, 2.75) is 19.5 Å². The minimum atomic E-state index is -0.476. The second kappa shape index (κ2) is 8.91.